The van der Waals surface area contributed by atoms with E-state index in [0.717, 1.165) is 39.3 Å². The molecule has 0 spiro atoms. The number of methoxy groups -OCH3 is 2. The van der Waals surface area contributed by atoms with Crippen LogP contribution in [0.1, 0.15) is 0 Å². The number of hydrogen-bond donors (Lipinski definition) is 2. The Labute approximate surface area is 167 Å². The van der Waals surface area contributed by atoms with Gasteiger partial charge in [-0.15, -0.1) is 0 Å². The first-order valence-corrected chi connectivity index (χ1v) is 8.99. The van der Waals surface area contributed by atoms with Crippen LogP contribution in [0.3, 0.4) is 0 Å². The van der Waals surface area contributed by atoms with Crippen LogP contribution in [0.5, 0.6) is 11.5 Å². The minimum Gasteiger partial charge on any atom is -0.497 e. The van der Waals surface area contributed by atoms with Crippen LogP contribution in [0.15, 0.2) is 54.6 Å². The largest absolute Gasteiger partial charge is 0.497 e. The van der Waals surface area contributed by atoms with Crippen molar-refractivity contribution in [1.29, 1.82) is 0 Å². The van der Waals surface area contributed by atoms with E-state index in [-0.39, 0.29) is 0 Å². The van der Waals surface area contributed by atoms with Gasteiger partial charge in [0.25, 0.3) is 0 Å². The molecule has 2 aromatic heterocycles. The number of hydrogen-bond acceptors (Lipinski definition) is 6. The predicted octanol–water partition coefficient (Wildman–Crippen LogP) is 4.62. The Hall–Kier alpha value is -3.45. The summed E-state index contributed by atoms with van der Waals surface area (Å²) >= 11 is 5.19. The summed E-state index contributed by atoms with van der Waals surface area (Å²) in [5.74, 6) is 2.00. The highest BCUT2D eigenvalue weighted by Crippen LogP contribution is 2.34. The number of nitrogen functional groups attached to an aromatic ring is 1. The van der Waals surface area contributed by atoms with E-state index < -0.39 is 0 Å². The molecule has 0 saturated heterocycles. The first-order chi connectivity index (χ1) is 13.6. The fourth-order valence-electron chi connectivity index (χ4n) is 3.09. The van der Waals surface area contributed by atoms with Gasteiger partial charge in [0.15, 0.2) is 10.4 Å². The molecule has 4 aromatic rings. The number of nitrogens with two attached hydrogens (primary N) is 1. The standard InChI is InChI=1S/C21H18N4O2S/c1-26-14-7-3-12(4-8-14)16-11-17(13-5-9-15(27-2)10-6-13)23-20-18(16)19(22)24-21(28)25-20/h3-11H,1-2H3,(H3,22,23,24,25,28). The summed E-state index contributed by atoms with van der Waals surface area (Å²) < 4.78 is 10.8. The van der Waals surface area contributed by atoms with Gasteiger partial charge in [-0.25, -0.2) is 4.98 Å². The minimum atomic E-state index is 0.296. The van der Waals surface area contributed by atoms with Crippen molar-refractivity contribution in [2.24, 2.45) is 0 Å². The van der Waals surface area contributed by atoms with E-state index in [2.05, 4.69) is 9.97 Å². The molecular formula is C21H18N4O2S. The smallest absolute Gasteiger partial charge is 0.200 e. The van der Waals surface area contributed by atoms with E-state index >= 15 is 0 Å². The summed E-state index contributed by atoms with van der Waals surface area (Å²) in [5, 5.41) is 0.732. The average molecular weight is 390 g/mol. The second-order valence-corrected chi connectivity index (χ2v) is 6.55. The average Bonchev–Trinajstić information content (AvgIpc) is 2.72. The normalized spacial score (nSPS) is 10.8. The maximum absolute atomic E-state index is 6.23. The third kappa shape index (κ3) is 3.27. The van der Waals surface area contributed by atoms with Gasteiger partial charge in [-0.05, 0) is 65.8 Å². The molecule has 6 nitrogen and oxygen atoms in total. The van der Waals surface area contributed by atoms with Crippen molar-refractivity contribution < 1.29 is 9.47 Å². The first-order valence-electron chi connectivity index (χ1n) is 8.58. The molecule has 0 saturated carbocycles. The number of pyridine rings is 1. The fourth-order valence-corrected chi connectivity index (χ4v) is 3.28. The van der Waals surface area contributed by atoms with Gasteiger partial charge in [0.05, 0.1) is 25.3 Å². The number of nitrogens with one attached hydrogen (secondary N) is 1. The summed E-state index contributed by atoms with van der Waals surface area (Å²) in [5.41, 5.74) is 10.3. The maximum atomic E-state index is 6.23. The van der Waals surface area contributed by atoms with Gasteiger partial charge in [-0.2, -0.15) is 4.98 Å². The van der Waals surface area contributed by atoms with E-state index in [1.54, 1.807) is 14.2 Å². The molecule has 0 unspecified atom stereocenters. The van der Waals surface area contributed by atoms with Gasteiger partial charge in [0, 0.05) is 5.56 Å². The number of ether oxygens (including phenoxy) is 2. The molecule has 140 valence electrons. The highest BCUT2D eigenvalue weighted by atomic mass is 32.1. The van der Waals surface area contributed by atoms with Crippen molar-refractivity contribution in [2.75, 3.05) is 20.0 Å². The number of fused-ring (bicyclic) bond motifs is 1. The predicted molar refractivity (Wildman–Crippen MR) is 113 cm³/mol. The molecule has 0 fully saturated rings. The Morgan fingerprint density at radius 1 is 0.857 bits per heavy atom. The van der Waals surface area contributed by atoms with Gasteiger partial charge in [-0.3, -0.25) is 0 Å². The van der Waals surface area contributed by atoms with Crippen LogP contribution < -0.4 is 15.2 Å². The third-order valence-corrected chi connectivity index (χ3v) is 4.70. The Morgan fingerprint density at radius 2 is 1.43 bits per heavy atom. The van der Waals surface area contributed by atoms with Crippen molar-refractivity contribution in [1.82, 2.24) is 15.0 Å². The summed E-state index contributed by atoms with van der Waals surface area (Å²) in [7, 11) is 3.28. The fraction of sp³-hybridized carbons (Fsp3) is 0.0952. The molecule has 7 heteroatoms. The van der Waals surface area contributed by atoms with Crippen LogP contribution in [-0.2, 0) is 0 Å². The number of aromatic nitrogens is 3. The molecule has 2 heterocycles. The molecule has 2 aromatic carbocycles. The quantitative estimate of drug-likeness (QED) is 0.495. The zero-order valence-corrected chi connectivity index (χ0v) is 16.2. The number of H-pyrrole nitrogens is 1. The summed E-state index contributed by atoms with van der Waals surface area (Å²) in [6, 6.07) is 17.5. The SMILES string of the molecule is COc1ccc(-c2cc(-c3ccc(OC)cc3)c3c(N)[nH]c(=S)nc3n2)cc1. The maximum Gasteiger partial charge on any atom is 0.200 e. The molecular weight excluding hydrogens is 372 g/mol. The Balaban J connectivity index is 1.98. The van der Waals surface area contributed by atoms with Gasteiger partial charge in [0.1, 0.15) is 17.3 Å². The zero-order chi connectivity index (χ0) is 19.7. The molecule has 0 aliphatic rings. The monoisotopic (exact) mass is 390 g/mol. The number of benzene rings is 2. The highest BCUT2D eigenvalue weighted by Gasteiger charge is 2.14. The molecule has 3 N–H and O–H groups in total. The summed E-state index contributed by atoms with van der Waals surface area (Å²) in [6.45, 7) is 0. The first kappa shape index (κ1) is 17.9. The lowest BCUT2D eigenvalue weighted by Crippen LogP contribution is -2.00. The second kappa shape index (κ2) is 7.28. The van der Waals surface area contributed by atoms with Gasteiger partial charge in [-0.1, -0.05) is 12.1 Å². The van der Waals surface area contributed by atoms with Crippen molar-refractivity contribution >= 4 is 29.1 Å². The van der Waals surface area contributed by atoms with Crippen LogP contribution in [0.4, 0.5) is 5.82 Å². The van der Waals surface area contributed by atoms with Crippen molar-refractivity contribution in [3.8, 4) is 33.9 Å². The Kier molecular flexibility index (Phi) is 4.67. The van der Waals surface area contributed by atoms with Crippen LogP contribution in [0, 0.1) is 4.77 Å². The minimum absolute atomic E-state index is 0.296. The Bertz CT molecular complexity index is 1200. The van der Waals surface area contributed by atoms with Crippen LogP contribution in [-0.4, -0.2) is 29.2 Å². The molecule has 0 aliphatic carbocycles. The molecule has 0 amide bonds. The molecule has 4 rings (SSSR count). The van der Waals surface area contributed by atoms with Crippen LogP contribution in [0.25, 0.3) is 33.4 Å². The van der Waals surface area contributed by atoms with E-state index in [1.165, 1.54) is 0 Å². The van der Waals surface area contributed by atoms with E-state index in [1.807, 2.05) is 54.6 Å². The van der Waals surface area contributed by atoms with E-state index in [0.29, 0.717) is 16.2 Å². The van der Waals surface area contributed by atoms with Crippen molar-refractivity contribution in [3.05, 3.63) is 59.4 Å². The van der Waals surface area contributed by atoms with Gasteiger partial charge in [0.2, 0.25) is 0 Å². The number of nitrogens with zero attached hydrogens (tertiary/aromatic N) is 2. The van der Waals surface area contributed by atoms with E-state index in [4.69, 9.17) is 32.4 Å². The molecule has 28 heavy (non-hydrogen) atoms. The lowest BCUT2D eigenvalue weighted by Gasteiger charge is -2.12. The third-order valence-electron chi connectivity index (χ3n) is 4.51. The number of rotatable bonds is 4. The molecule has 0 bridgehead atoms. The lowest BCUT2D eigenvalue weighted by atomic mass is 9.99. The Morgan fingerprint density at radius 3 is 2.00 bits per heavy atom. The summed E-state index contributed by atoms with van der Waals surface area (Å²) in [4.78, 5) is 12.0. The number of anilines is 1. The zero-order valence-electron chi connectivity index (χ0n) is 15.4. The highest BCUT2D eigenvalue weighted by molar-refractivity contribution is 7.71. The van der Waals surface area contributed by atoms with Crippen LogP contribution in [0.2, 0.25) is 0 Å². The summed E-state index contributed by atoms with van der Waals surface area (Å²) in [6.07, 6.45) is 0. The van der Waals surface area contributed by atoms with Crippen molar-refractivity contribution in [3.63, 3.8) is 0 Å². The molecule has 0 atom stereocenters. The molecule has 0 radical (unpaired) electrons. The number of aromatic amines is 1. The van der Waals surface area contributed by atoms with E-state index in [9.17, 15) is 0 Å². The topological polar surface area (TPSA) is 86.0 Å². The lowest BCUT2D eigenvalue weighted by molar-refractivity contribution is 0.415. The van der Waals surface area contributed by atoms with Crippen molar-refractivity contribution in [2.45, 2.75) is 0 Å². The van der Waals surface area contributed by atoms with Gasteiger partial charge < -0.3 is 20.2 Å². The second-order valence-electron chi connectivity index (χ2n) is 6.17. The van der Waals surface area contributed by atoms with Crippen LogP contribution >= 0.6 is 12.2 Å². The van der Waals surface area contributed by atoms with Gasteiger partial charge >= 0.3 is 0 Å². The molecule has 0 aliphatic heterocycles.